The second-order valence-electron chi connectivity index (χ2n) is 8.78. The van der Waals surface area contributed by atoms with Gasteiger partial charge in [-0.05, 0) is 61.2 Å². The van der Waals surface area contributed by atoms with Crippen molar-refractivity contribution < 1.29 is 5.11 Å². The number of nitrogens with zero attached hydrogens (tertiary/aromatic N) is 4. The van der Waals surface area contributed by atoms with Crippen LogP contribution in [0.2, 0.25) is 5.02 Å². The van der Waals surface area contributed by atoms with Crippen LogP contribution in [0, 0.1) is 18.8 Å². The molecule has 2 heterocycles. The number of benzene rings is 2. The SMILES string of the molecule is Cc1c(Cl)cccc1NC(=S)N=Nc1c(O)n(CN2C[C@H](C)C[C@@H](C)C2)c2ccccc12. The van der Waals surface area contributed by atoms with Gasteiger partial charge in [0.05, 0.1) is 12.2 Å². The predicted molar refractivity (Wildman–Crippen MR) is 135 cm³/mol. The zero-order valence-corrected chi connectivity index (χ0v) is 20.1. The average molecular weight is 470 g/mol. The minimum absolute atomic E-state index is 0.0996. The minimum atomic E-state index is 0.0996. The molecule has 0 bridgehead atoms. The molecule has 168 valence electrons. The summed E-state index contributed by atoms with van der Waals surface area (Å²) < 4.78 is 1.91. The molecule has 0 saturated carbocycles. The maximum Gasteiger partial charge on any atom is 0.221 e. The van der Waals surface area contributed by atoms with Gasteiger partial charge in [-0.25, -0.2) is 0 Å². The number of fused-ring (bicyclic) bond motifs is 1. The number of rotatable bonds is 4. The van der Waals surface area contributed by atoms with Crippen molar-refractivity contribution in [3.05, 3.63) is 53.1 Å². The molecule has 1 fully saturated rings. The summed E-state index contributed by atoms with van der Waals surface area (Å²) in [5, 5.41) is 24.3. The number of aromatic hydroxyl groups is 1. The number of anilines is 1. The lowest BCUT2D eigenvalue weighted by atomic mass is 9.92. The smallest absolute Gasteiger partial charge is 0.221 e. The molecule has 0 radical (unpaired) electrons. The van der Waals surface area contributed by atoms with Gasteiger partial charge in [0.15, 0.2) is 5.69 Å². The summed E-state index contributed by atoms with van der Waals surface area (Å²) in [6, 6.07) is 13.4. The van der Waals surface area contributed by atoms with Gasteiger partial charge >= 0.3 is 0 Å². The highest BCUT2D eigenvalue weighted by molar-refractivity contribution is 7.80. The Morgan fingerprint density at radius 1 is 1.16 bits per heavy atom. The van der Waals surface area contributed by atoms with Gasteiger partial charge in [-0.2, -0.15) is 0 Å². The van der Waals surface area contributed by atoms with Gasteiger partial charge in [-0.3, -0.25) is 9.47 Å². The fourth-order valence-electron chi connectivity index (χ4n) is 4.60. The average Bonchev–Trinajstić information content (AvgIpc) is 3.00. The van der Waals surface area contributed by atoms with E-state index in [1.807, 2.05) is 54.0 Å². The number of nitrogens with one attached hydrogen (secondary N) is 1. The van der Waals surface area contributed by atoms with E-state index in [4.69, 9.17) is 23.8 Å². The molecule has 8 heteroatoms. The highest BCUT2D eigenvalue weighted by Crippen LogP contribution is 2.39. The topological polar surface area (TPSA) is 65.2 Å². The molecular weight excluding hydrogens is 442 g/mol. The van der Waals surface area contributed by atoms with Gasteiger partial charge in [-0.15, -0.1) is 10.2 Å². The minimum Gasteiger partial charge on any atom is -0.493 e. The van der Waals surface area contributed by atoms with Gasteiger partial charge in [0.25, 0.3) is 0 Å². The van der Waals surface area contributed by atoms with Gasteiger partial charge in [0.2, 0.25) is 11.0 Å². The van der Waals surface area contributed by atoms with E-state index in [1.54, 1.807) is 0 Å². The lowest BCUT2D eigenvalue weighted by Crippen LogP contribution is -2.39. The lowest BCUT2D eigenvalue weighted by molar-refractivity contribution is 0.108. The normalized spacial score (nSPS) is 19.6. The number of hydrogen-bond donors (Lipinski definition) is 2. The van der Waals surface area contributed by atoms with Crippen LogP contribution in [0.1, 0.15) is 25.8 Å². The summed E-state index contributed by atoms with van der Waals surface area (Å²) in [5.41, 5.74) is 3.01. The predicted octanol–water partition coefficient (Wildman–Crippen LogP) is 6.72. The number of halogens is 1. The monoisotopic (exact) mass is 469 g/mol. The number of azo groups is 1. The highest BCUT2D eigenvalue weighted by Gasteiger charge is 2.24. The van der Waals surface area contributed by atoms with E-state index >= 15 is 0 Å². The van der Waals surface area contributed by atoms with Crippen LogP contribution in [0.3, 0.4) is 0 Å². The molecule has 6 nitrogen and oxygen atoms in total. The van der Waals surface area contributed by atoms with Gasteiger partial charge in [-0.1, -0.05) is 49.7 Å². The van der Waals surface area contributed by atoms with E-state index in [-0.39, 0.29) is 11.0 Å². The third kappa shape index (κ3) is 4.80. The first kappa shape index (κ1) is 22.7. The first-order valence-corrected chi connectivity index (χ1v) is 11.6. The lowest BCUT2D eigenvalue weighted by Gasteiger charge is -2.35. The van der Waals surface area contributed by atoms with Crippen LogP contribution < -0.4 is 5.32 Å². The van der Waals surface area contributed by atoms with Crippen molar-refractivity contribution in [2.24, 2.45) is 22.1 Å². The van der Waals surface area contributed by atoms with Crippen molar-refractivity contribution in [2.75, 3.05) is 18.4 Å². The summed E-state index contributed by atoms with van der Waals surface area (Å²) in [7, 11) is 0. The van der Waals surface area contributed by atoms with Crippen LogP contribution in [-0.4, -0.2) is 32.8 Å². The van der Waals surface area contributed by atoms with E-state index in [1.165, 1.54) is 6.42 Å². The summed E-state index contributed by atoms with van der Waals surface area (Å²) in [4.78, 5) is 2.39. The van der Waals surface area contributed by atoms with Crippen LogP contribution in [-0.2, 0) is 6.67 Å². The van der Waals surface area contributed by atoms with Crippen molar-refractivity contribution in [1.29, 1.82) is 0 Å². The number of aromatic nitrogens is 1. The fraction of sp³-hybridized carbons (Fsp3) is 0.375. The Morgan fingerprint density at radius 2 is 1.88 bits per heavy atom. The molecule has 2 aromatic carbocycles. The van der Waals surface area contributed by atoms with Crippen molar-refractivity contribution in [1.82, 2.24) is 9.47 Å². The van der Waals surface area contributed by atoms with Gasteiger partial charge in [0.1, 0.15) is 0 Å². The maximum atomic E-state index is 11.1. The Morgan fingerprint density at radius 3 is 2.62 bits per heavy atom. The number of piperidine rings is 1. The first-order chi connectivity index (χ1) is 15.3. The van der Waals surface area contributed by atoms with Crippen molar-refractivity contribution in [2.45, 2.75) is 33.9 Å². The van der Waals surface area contributed by atoms with Crippen molar-refractivity contribution in [3.63, 3.8) is 0 Å². The van der Waals surface area contributed by atoms with E-state index in [2.05, 4.69) is 34.3 Å². The molecular formula is C24H28ClN5OS. The van der Waals surface area contributed by atoms with Crippen molar-refractivity contribution in [3.8, 4) is 5.88 Å². The number of hydrogen-bond acceptors (Lipinski definition) is 4. The van der Waals surface area contributed by atoms with Gasteiger partial charge < -0.3 is 10.4 Å². The fourth-order valence-corrected chi connectivity index (χ4v) is 4.92. The zero-order chi connectivity index (χ0) is 22.8. The Hall–Kier alpha value is -2.48. The summed E-state index contributed by atoms with van der Waals surface area (Å²) >= 11 is 11.5. The molecule has 0 unspecified atom stereocenters. The van der Waals surface area contributed by atoms with E-state index in [9.17, 15) is 5.11 Å². The molecule has 1 aliphatic rings. The van der Waals surface area contributed by atoms with E-state index < -0.39 is 0 Å². The standard InChI is InChI=1S/C24H28ClN5OS/c1-15-11-16(2)13-29(12-15)14-30-21-10-5-4-7-18(21)22(23(30)31)27-28-24(32)26-20-9-6-8-19(25)17(20)3/h4-10,15-16,31H,11-14H2,1-3H3,(H,26,32)/t15-,16-/m1/s1. The molecule has 3 aromatic rings. The van der Waals surface area contributed by atoms with Gasteiger partial charge in [0, 0.05) is 29.2 Å². The van der Waals surface area contributed by atoms with Crippen LogP contribution >= 0.6 is 23.8 Å². The third-order valence-electron chi connectivity index (χ3n) is 5.95. The largest absolute Gasteiger partial charge is 0.493 e. The Balaban J connectivity index is 1.59. The van der Waals surface area contributed by atoms with E-state index in [0.29, 0.717) is 29.2 Å². The molecule has 0 aliphatic carbocycles. The second-order valence-corrected chi connectivity index (χ2v) is 9.58. The molecule has 2 N–H and O–H groups in total. The molecule has 2 atom stereocenters. The molecule has 1 aliphatic heterocycles. The van der Waals surface area contributed by atoms with Crippen molar-refractivity contribution >= 4 is 51.2 Å². The quantitative estimate of drug-likeness (QED) is 0.328. The molecule has 4 rings (SSSR count). The molecule has 1 saturated heterocycles. The third-order valence-corrected chi connectivity index (χ3v) is 6.55. The van der Waals surface area contributed by atoms with Crippen LogP contribution in [0.5, 0.6) is 5.88 Å². The Labute approximate surface area is 198 Å². The van der Waals surface area contributed by atoms with E-state index in [0.717, 1.165) is 35.2 Å². The Kier molecular flexibility index (Phi) is 6.79. The highest BCUT2D eigenvalue weighted by atomic mass is 35.5. The molecule has 0 spiro atoms. The van der Waals surface area contributed by atoms with Crippen LogP contribution in [0.25, 0.3) is 10.9 Å². The van der Waals surface area contributed by atoms with Crippen LogP contribution in [0.15, 0.2) is 52.7 Å². The molecule has 32 heavy (non-hydrogen) atoms. The summed E-state index contributed by atoms with van der Waals surface area (Å²) in [6.07, 6.45) is 1.24. The number of likely N-dealkylation sites (tertiary alicyclic amines) is 1. The molecule has 1 aromatic heterocycles. The maximum absolute atomic E-state index is 11.1. The number of para-hydroxylation sites is 1. The summed E-state index contributed by atoms with van der Waals surface area (Å²) in [5.74, 6) is 1.38. The first-order valence-electron chi connectivity index (χ1n) is 10.8. The Bertz CT molecular complexity index is 1160. The number of thiocarbonyl (C=S) groups is 1. The van der Waals surface area contributed by atoms with Crippen LogP contribution in [0.4, 0.5) is 11.4 Å². The molecule has 0 amide bonds. The second kappa shape index (κ2) is 9.57. The summed E-state index contributed by atoms with van der Waals surface area (Å²) in [6.45, 7) is 9.12. The zero-order valence-electron chi connectivity index (χ0n) is 18.5.